The van der Waals surface area contributed by atoms with Gasteiger partial charge in [0.15, 0.2) is 0 Å². The zero-order valence-corrected chi connectivity index (χ0v) is 15.6. The Balaban J connectivity index is 1.51. The number of fused-ring (bicyclic) bond motifs is 1. The van der Waals surface area contributed by atoms with Gasteiger partial charge in [-0.3, -0.25) is 4.79 Å². The summed E-state index contributed by atoms with van der Waals surface area (Å²) < 4.78 is 7.64. The van der Waals surface area contributed by atoms with Crippen LogP contribution < -0.4 is 0 Å². The minimum atomic E-state index is -0.892. The van der Waals surface area contributed by atoms with Crippen molar-refractivity contribution in [2.75, 3.05) is 13.2 Å². The molecule has 3 heterocycles. The topological polar surface area (TPSA) is 84.7 Å². The normalized spacial score (nSPS) is 32.3. The van der Waals surface area contributed by atoms with Crippen molar-refractivity contribution in [2.24, 2.45) is 17.3 Å². The fourth-order valence-corrected chi connectivity index (χ4v) is 4.95. The number of likely N-dealkylation sites (tertiary alicyclic amines) is 1. The van der Waals surface area contributed by atoms with Gasteiger partial charge in [-0.15, -0.1) is 0 Å². The molecule has 0 spiro atoms. The molecule has 1 aromatic heterocycles. The highest BCUT2D eigenvalue weighted by molar-refractivity contribution is 5.86. The van der Waals surface area contributed by atoms with Gasteiger partial charge in [-0.25, -0.2) is 9.48 Å². The van der Waals surface area contributed by atoms with Crippen molar-refractivity contribution in [3.63, 3.8) is 0 Å². The number of carbonyl (C=O) groups excluding carboxylic acids is 1. The third-order valence-electron chi connectivity index (χ3n) is 6.48. The number of carboxylic acids is 1. The predicted molar refractivity (Wildman–Crippen MR) is 93.4 cm³/mol. The first kappa shape index (κ1) is 17.5. The molecule has 1 saturated carbocycles. The number of hydrogen-bond acceptors (Lipinski definition) is 4. The molecule has 1 unspecified atom stereocenters. The number of aliphatic carboxylic acids is 1. The average Bonchev–Trinajstić information content (AvgIpc) is 2.97. The lowest BCUT2D eigenvalue weighted by atomic mass is 10.0. The van der Waals surface area contributed by atoms with Crippen molar-refractivity contribution in [3.8, 4) is 0 Å². The summed E-state index contributed by atoms with van der Waals surface area (Å²) in [6.45, 7) is 7.35. The summed E-state index contributed by atoms with van der Waals surface area (Å²) in [4.78, 5) is 26.3. The summed E-state index contributed by atoms with van der Waals surface area (Å²) >= 11 is 0. The van der Waals surface area contributed by atoms with Gasteiger partial charge in [0.1, 0.15) is 12.3 Å². The standard InChI is InChI=1S/C19H27N3O4/c1-11-8-12(22(20-11)15-6-4-5-7-26-15)9-14(23)21-10-13-16(19(13,2)3)17(21)18(24)25/h8,13,15-17H,4-7,9-10H2,1-3H3,(H,24,25)/t13-,15?,16-,17-/m0/s1. The van der Waals surface area contributed by atoms with Gasteiger partial charge in [0, 0.05) is 19.1 Å². The predicted octanol–water partition coefficient (Wildman–Crippen LogP) is 2.00. The third-order valence-corrected chi connectivity index (χ3v) is 6.48. The number of hydrogen-bond donors (Lipinski definition) is 1. The van der Waals surface area contributed by atoms with Crippen molar-refractivity contribution >= 4 is 11.9 Å². The van der Waals surface area contributed by atoms with Crippen LogP contribution >= 0.6 is 0 Å². The molecule has 0 radical (unpaired) electrons. The molecule has 4 atom stereocenters. The second-order valence-electron chi connectivity index (χ2n) is 8.50. The number of carbonyl (C=O) groups is 2. The van der Waals surface area contributed by atoms with Crippen LogP contribution in [0.5, 0.6) is 0 Å². The van der Waals surface area contributed by atoms with Gasteiger partial charge in [-0.2, -0.15) is 5.10 Å². The number of aryl methyl sites for hydroxylation is 1. The maximum Gasteiger partial charge on any atom is 0.326 e. The molecule has 26 heavy (non-hydrogen) atoms. The van der Waals surface area contributed by atoms with E-state index in [-0.39, 0.29) is 29.9 Å². The van der Waals surface area contributed by atoms with Gasteiger partial charge in [-0.05, 0) is 43.6 Å². The Morgan fingerprint density at radius 1 is 1.38 bits per heavy atom. The van der Waals surface area contributed by atoms with Crippen LogP contribution in [-0.4, -0.2) is 50.9 Å². The van der Waals surface area contributed by atoms with E-state index in [9.17, 15) is 14.7 Å². The first-order valence-electron chi connectivity index (χ1n) is 9.49. The van der Waals surface area contributed by atoms with Gasteiger partial charge in [0.05, 0.1) is 17.8 Å². The minimum absolute atomic E-state index is 0.0220. The molecule has 1 aliphatic carbocycles. The average molecular weight is 361 g/mol. The lowest BCUT2D eigenvalue weighted by molar-refractivity contribution is -0.150. The number of rotatable bonds is 4. The van der Waals surface area contributed by atoms with Gasteiger partial charge in [0.25, 0.3) is 0 Å². The second kappa shape index (κ2) is 6.08. The molecule has 7 nitrogen and oxygen atoms in total. The van der Waals surface area contributed by atoms with Crippen LogP contribution in [0, 0.1) is 24.2 Å². The van der Waals surface area contributed by atoms with E-state index in [4.69, 9.17) is 4.74 Å². The molecule has 3 aliphatic rings. The Morgan fingerprint density at radius 2 is 2.15 bits per heavy atom. The molecular weight excluding hydrogens is 334 g/mol. The van der Waals surface area contributed by atoms with Gasteiger partial charge < -0.3 is 14.7 Å². The summed E-state index contributed by atoms with van der Waals surface area (Å²) in [7, 11) is 0. The third kappa shape index (κ3) is 2.73. The molecule has 1 aromatic rings. The van der Waals surface area contributed by atoms with E-state index < -0.39 is 12.0 Å². The van der Waals surface area contributed by atoms with Crippen molar-refractivity contribution < 1.29 is 19.4 Å². The monoisotopic (exact) mass is 361 g/mol. The number of amides is 1. The SMILES string of the molecule is Cc1cc(CC(=O)N2C[C@H]3[C@@H]([C@H]2C(=O)O)C3(C)C)n(C2CCCCO2)n1. The fourth-order valence-electron chi connectivity index (χ4n) is 4.95. The Hall–Kier alpha value is -1.89. The molecule has 2 saturated heterocycles. The van der Waals surface area contributed by atoms with Crippen LogP contribution in [0.1, 0.15) is 50.7 Å². The van der Waals surface area contributed by atoms with Crippen LogP contribution in [0.3, 0.4) is 0 Å². The molecule has 142 valence electrons. The molecule has 1 N–H and O–H groups in total. The van der Waals surface area contributed by atoms with E-state index in [0.29, 0.717) is 19.1 Å². The van der Waals surface area contributed by atoms with Gasteiger partial charge in [0.2, 0.25) is 5.91 Å². The first-order valence-corrected chi connectivity index (χ1v) is 9.49. The van der Waals surface area contributed by atoms with Crippen molar-refractivity contribution in [2.45, 2.75) is 58.7 Å². The molecule has 3 fully saturated rings. The van der Waals surface area contributed by atoms with Crippen molar-refractivity contribution in [3.05, 3.63) is 17.5 Å². The molecule has 4 rings (SSSR count). The van der Waals surface area contributed by atoms with Crippen LogP contribution in [0.25, 0.3) is 0 Å². The number of piperidine rings is 1. The number of aromatic nitrogens is 2. The van der Waals surface area contributed by atoms with Crippen molar-refractivity contribution in [1.82, 2.24) is 14.7 Å². The van der Waals surface area contributed by atoms with Crippen LogP contribution in [0.2, 0.25) is 0 Å². The minimum Gasteiger partial charge on any atom is -0.480 e. The quantitative estimate of drug-likeness (QED) is 0.887. The van der Waals surface area contributed by atoms with Crippen LogP contribution in [-0.2, 0) is 20.7 Å². The lowest BCUT2D eigenvalue weighted by Gasteiger charge is -2.29. The molecule has 2 aliphatic heterocycles. The molecule has 7 heteroatoms. The first-order chi connectivity index (χ1) is 12.3. The molecule has 0 bridgehead atoms. The number of carboxylic acid groups (broad SMARTS) is 1. The van der Waals surface area contributed by atoms with Crippen LogP contribution in [0.15, 0.2) is 6.07 Å². The molecular formula is C19H27N3O4. The van der Waals surface area contributed by atoms with E-state index >= 15 is 0 Å². The van der Waals surface area contributed by atoms with E-state index in [1.165, 1.54) is 0 Å². The van der Waals surface area contributed by atoms with Gasteiger partial charge in [-0.1, -0.05) is 13.8 Å². The summed E-state index contributed by atoms with van der Waals surface area (Å²) in [6, 6.07) is 1.21. The summed E-state index contributed by atoms with van der Waals surface area (Å²) in [5.74, 6) is -0.660. The summed E-state index contributed by atoms with van der Waals surface area (Å²) in [5, 5.41) is 14.2. The zero-order valence-electron chi connectivity index (χ0n) is 15.6. The smallest absolute Gasteiger partial charge is 0.326 e. The largest absolute Gasteiger partial charge is 0.480 e. The summed E-state index contributed by atoms with van der Waals surface area (Å²) in [6.07, 6.45) is 3.08. The maximum atomic E-state index is 12.9. The van der Waals surface area contributed by atoms with Crippen molar-refractivity contribution in [1.29, 1.82) is 0 Å². The van der Waals surface area contributed by atoms with E-state index in [2.05, 4.69) is 18.9 Å². The highest BCUT2D eigenvalue weighted by Gasteiger charge is 2.69. The number of nitrogens with zero attached hydrogens (tertiary/aromatic N) is 3. The number of ether oxygens (including phenoxy) is 1. The Bertz CT molecular complexity index is 735. The van der Waals surface area contributed by atoms with Gasteiger partial charge >= 0.3 is 5.97 Å². The van der Waals surface area contributed by atoms with E-state index in [1.54, 1.807) is 4.90 Å². The maximum absolute atomic E-state index is 12.9. The molecule has 1 amide bonds. The Kier molecular flexibility index (Phi) is 4.10. The van der Waals surface area contributed by atoms with Crippen LogP contribution in [0.4, 0.5) is 0 Å². The fraction of sp³-hybridized carbons (Fsp3) is 0.737. The highest BCUT2D eigenvalue weighted by atomic mass is 16.5. The highest BCUT2D eigenvalue weighted by Crippen LogP contribution is 2.64. The van der Waals surface area contributed by atoms with E-state index in [1.807, 2.05) is 17.7 Å². The van der Waals surface area contributed by atoms with E-state index in [0.717, 1.165) is 30.7 Å². The summed E-state index contributed by atoms with van der Waals surface area (Å²) in [5.41, 5.74) is 1.68. The second-order valence-corrected chi connectivity index (χ2v) is 8.50. The Labute approximate surface area is 153 Å². The Morgan fingerprint density at radius 3 is 2.81 bits per heavy atom. The molecule has 0 aromatic carbocycles. The zero-order chi connectivity index (χ0) is 18.6. The lowest BCUT2D eigenvalue weighted by Crippen LogP contribution is -2.46.